The lowest BCUT2D eigenvalue weighted by atomic mass is 10.2. The molecule has 2 aromatic rings. The number of pyridine rings is 1. The predicted octanol–water partition coefficient (Wildman–Crippen LogP) is 1.85. The molecular weight excluding hydrogens is 188 g/mol. The van der Waals surface area contributed by atoms with Crippen molar-refractivity contribution >= 4 is 5.82 Å². The Kier molecular flexibility index (Phi) is 2.41. The summed E-state index contributed by atoms with van der Waals surface area (Å²) >= 11 is 0. The largest absolute Gasteiger partial charge is 0.363 e. The van der Waals surface area contributed by atoms with Crippen molar-refractivity contribution in [3.63, 3.8) is 0 Å². The number of anilines is 1. The van der Waals surface area contributed by atoms with Gasteiger partial charge in [0.2, 0.25) is 0 Å². The van der Waals surface area contributed by atoms with Gasteiger partial charge in [-0.3, -0.25) is 0 Å². The number of hydrogen-bond acceptors (Lipinski definition) is 3. The lowest BCUT2D eigenvalue weighted by Gasteiger charge is -2.11. The molecule has 0 bridgehead atoms. The molecule has 15 heavy (non-hydrogen) atoms. The van der Waals surface area contributed by atoms with E-state index in [0.29, 0.717) is 0 Å². The number of imidazole rings is 1. The van der Waals surface area contributed by atoms with Crippen LogP contribution in [0.5, 0.6) is 0 Å². The fourth-order valence-corrected chi connectivity index (χ4v) is 1.40. The second-order valence-electron chi connectivity index (χ2n) is 3.68. The quantitative estimate of drug-likeness (QED) is 0.808. The SMILES string of the molecule is Cc1ncc(-c2ccnc(N(C)C)c2)[nH]1. The Bertz CT molecular complexity index is 459. The highest BCUT2D eigenvalue weighted by molar-refractivity contribution is 5.62. The third-order valence-corrected chi connectivity index (χ3v) is 2.22. The molecule has 4 nitrogen and oxygen atoms in total. The molecule has 0 saturated carbocycles. The summed E-state index contributed by atoms with van der Waals surface area (Å²) < 4.78 is 0. The van der Waals surface area contributed by atoms with Crippen LogP contribution in [0.4, 0.5) is 5.82 Å². The standard InChI is InChI=1S/C11H14N4/c1-8-13-7-10(14-8)9-4-5-12-11(6-9)15(2)3/h4-7H,1-3H3,(H,13,14). The van der Waals surface area contributed by atoms with Crippen molar-refractivity contribution < 1.29 is 0 Å². The van der Waals surface area contributed by atoms with Gasteiger partial charge in [-0.25, -0.2) is 9.97 Å². The molecule has 0 unspecified atom stereocenters. The van der Waals surface area contributed by atoms with Crippen LogP contribution in [0.3, 0.4) is 0 Å². The molecule has 78 valence electrons. The summed E-state index contributed by atoms with van der Waals surface area (Å²) in [5, 5.41) is 0. The van der Waals surface area contributed by atoms with Gasteiger partial charge in [0.25, 0.3) is 0 Å². The van der Waals surface area contributed by atoms with Crippen molar-refractivity contribution in [1.29, 1.82) is 0 Å². The molecule has 0 radical (unpaired) electrons. The van der Waals surface area contributed by atoms with Crippen molar-refractivity contribution in [2.75, 3.05) is 19.0 Å². The number of aromatic amines is 1. The lowest BCUT2D eigenvalue weighted by Crippen LogP contribution is -2.10. The molecule has 0 fully saturated rings. The van der Waals surface area contributed by atoms with Crippen molar-refractivity contribution in [2.45, 2.75) is 6.92 Å². The molecule has 0 aliphatic heterocycles. The minimum absolute atomic E-state index is 0.924. The Labute approximate surface area is 89.0 Å². The van der Waals surface area contributed by atoms with Crippen LogP contribution in [-0.2, 0) is 0 Å². The van der Waals surface area contributed by atoms with Crippen LogP contribution >= 0.6 is 0 Å². The first-order valence-corrected chi connectivity index (χ1v) is 4.82. The highest BCUT2D eigenvalue weighted by Gasteiger charge is 2.03. The van der Waals surface area contributed by atoms with Gasteiger partial charge in [-0.2, -0.15) is 0 Å². The summed E-state index contributed by atoms with van der Waals surface area (Å²) in [5.41, 5.74) is 2.13. The number of rotatable bonds is 2. The van der Waals surface area contributed by atoms with E-state index in [2.05, 4.69) is 15.0 Å². The molecule has 2 rings (SSSR count). The smallest absolute Gasteiger partial charge is 0.128 e. The molecule has 2 heterocycles. The average Bonchev–Trinajstić information content (AvgIpc) is 2.65. The van der Waals surface area contributed by atoms with E-state index in [1.54, 1.807) is 6.20 Å². The number of hydrogen-bond donors (Lipinski definition) is 1. The Morgan fingerprint density at radius 3 is 2.67 bits per heavy atom. The Balaban J connectivity index is 2.41. The Morgan fingerprint density at radius 2 is 2.07 bits per heavy atom. The van der Waals surface area contributed by atoms with Gasteiger partial charge in [-0.15, -0.1) is 0 Å². The zero-order chi connectivity index (χ0) is 10.8. The van der Waals surface area contributed by atoms with Gasteiger partial charge in [-0.1, -0.05) is 0 Å². The first-order chi connectivity index (χ1) is 7.16. The summed E-state index contributed by atoms with van der Waals surface area (Å²) in [6.45, 7) is 1.94. The molecule has 0 amide bonds. The molecular formula is C11H14N4. The maximum absolute atomic E-state index is 4.26. The second-order valence-corrected chi connectivity index (χ2v) is 3.68. The normalized spacial score (nSPS) is 10.3. The summed E-state index contributed by atoms with van der Waals surface area (Å²) in [5.74, 6) is 1.87. The molecule has 0 aliphatic rings. The zero-order valence-corrected chi connectivity index (χ0v) is 9.15. The lowest BCUT2D eigenvalue weighted by molar-refractivity contribution is 1.07. The van der Waals surface area contributed by atoms with E-state index in [0.717, 1.165) is 22.9 Å². The molecule has 0 atom stereocenters. The van der Waals surface area contributed by atoms with Gasteiger partial charge in [0, 0.05) is 25.9 Å². The minimum atomic E-state index is 0.924. The minimum Gasteiger partial charge on any atom is -0.363 e. The number of aryl methyl sites for hydroxylation is 1. The molecule has 4 heteroatoms. The molecule has 0 aliphatic carbocycles. The van der Waals surface area contributed by atoms with E-state index in [4.69, 9.17) is 0 Å². The fourth-order valence-electron chi connectivity index (χ4n) is 1.40. The summed E-state index contributed by atoms with van der Waals surface area (Å²) in [6.07, 6.45) is 3.64. The predicted molar refractivity (Wildman–Crippen MR) is 60.9 cm³/mol. The maximum Gasteiger partial charge on any atom is 0.128 e. The van der Waals surface area contributed by atoms with Gasteiger partial charge in [0.05, 0.1) is 11.9 Å². The fraction of sp³-hybridized carbons (Fsp3) is 0.273. The summed E-state index contributed by atoms with van der Waals surface area (Å²) in [7, 11) is 3.95. The number of nitrogens with one attached hydrogen (secondary N) is 1. The Hall–Kier alpha value is -1.84. The van der Waals surface area contributed by atoms with Gasteiger partial charge < -0.3 is 9.88 Å². The van der Waals surface area contributed by atoms with E-state index >= 15 is 0 Å². The number of nitrogens with zero attached hydrogens (tertiary/aromatic N) is 3. The van der Waals surface area contributed by atoms with Crippen molar-refractivity contribution in [2.24, 2.45) is 0 Å². The van der Waals surface area contributed by atoms with Crippen molar-refractivity contribution in [1.82, 2.24) is 15.0 Å². The molecule has 0 aromatic carbocycles. The van der Waals surface area contributed by atoms with E-state index in [1.807, 2.05) is 44.2 Å². The van der Waals surface area contributed by atoms with Gasteiger partial charge in [0.15, 0.2) is 0 Å². The number of aromatic nitrogens is 3. The molecule has 0 saturated heterocycles. The molecule has 2 aromatic heterocycles. The van der Waals surface area contributed by atoms with E-state index in [1.165, 1.54) is 0 Å². The summed E-state index contributed by atoms with van der Waals surface area (Å²) in [4.78, 5) is 13.6. The van der Waals surface area contributed by atoms with Crippen LogP contribution in [0.25, 0.3) is 11.3 Å². The van der Waals surface area contributed by atoms with Gasteiger partial charge in [-0.05, 0) is 19.1 Å². The van der Waals surface area contributed by atoms with E-state index in [9.17, 15) is 0 Å². The van der Waals surface area contributed by atoms with Crippen LogP contribution in [0.1, 0.15) is 5.82 Å². The van der Waals surface area contributed by atoms with Crippen molar-refractivity contribution in [3.05, 3.63) is 30.4 Å². The summed E-state index contributed by atoms with van der Waals surface area (Å²) in [6, 6.07) is 4.01. The van der Waals surface area contributed by atoms with E-state index < -0.39 is 0 Å². The van der Waals surface area contributed by atoms with Gasteiger partial charge >= 0.3 is 0 Å². The monoisotopic (exact) mass is 202 g/mol. The first-order valence-electron chi connectivity index (χ1n) is 4.82. The Morgan fingerprint density at radius 1 is 1.27 bits per heavy atom. The first kappa shape index (κ1) is 9.71. The second kappa shape index (κ2) is 3.73. The third kappa shape index (κ3) is 1.98. The highest BCUT2D eigenvalue weighted by Crippen LogP contribution is 2.19. The molecule has 0 spiro atoms. The highest BCUT2D eigenvalue weighted by atomic mass is 15.1. The van der Waals surface area contributed by atoms with Gasteiger partial charge in [0.1, 0.15) is 11.6 Å². The maximum atomic E-state index is 4.26. The zero-order valence-electron chi connectivity index (χ0n) is 9.15. The van der Waals surface area contributed by atoms with Crippen LogP contribution in [0.2, 0.25) is 0 Å². The van der Waals surface area contributed by atoms with Crippen LogP contribution in [-0.4, -0.2) is 29.0 Å². The number of H-pyrrole nitrogens is 1. The topological polar surface area (TPSA) is 44.8 Å². The van der Waals surface area contributed by atoms with Crippen molar-refractivity contribution in [3.8, 4) is 11.3 Å². The van der Waals surface area contributed by atoms with E-state index in [-0.39, 0.29) is 0 Å². The average molecular weight is 202 g/mol. The third-order valence-electron chi connectivity index (χ3n) is 2.22. The van der Waals surface area contributed by atoms with Crippen LogP contribution in [0.15, 0.2) is 24.5 Å². The van der Waals surface area contributed by atoms with Crippen LogP contribution < -0.4 is 4.90 Å². The molecule has 1 N–H and O–H groups in total. The van der Waals surface area contributed by atoms with Crippen LogP contribution in [0, 0.1) is 6.92 Å².